The molecule has 0 saturated carbocycles. The quantitative estimate of drug-likeness (QED) is 0.814. The molecule has 0 spiro atoms. The molecule has 5 nitrogen and oxygen atoms in total. The van der Waals surface area contributed by atoms with Gasteiger partial charge in [0.15, 0.2) is 0 Å². The number of nitrogens with zero attached hydrogens (tertiary/aromatic N) is 4. The van der Waals surface area contributed by atoms with Gasteiger partial charge < -0.3 is 9.47 Å². The number of carbonyl (C=O) groups is 1. The van der Waals surface area contributed by atoms with Crippen LogP contribution < -0.4 is 0 Å². The minimum atomic E-state index is 0.281. The number of hydrogen-bond acceptors (Lipinski definition) is 3. The van der Waals surface area contributed by atoms with Gasteiger partial charge in [-0.2, -0.15) is 0 Å². The fraction of sp³-hybridized carbons (Fsp3) is 0.444. The number of hydrogen-bond donors (Lipinski definition) is 0. The molecule has 2 aromatic rings. The molecule has 122 valence electrons. The number of amides is 1. The van der Waals surface area contributed by atoms with E-state index < -0.39 is 0 Å². The van der Waals surface area contributed by atoms with Gasteiger partial charge in [-0.1, -0.05) is 30.3 Å². The number of carbonyl (C=O) groups excluding carboxylic acids is 1. The van der Waals surface area contributed by atoms with E-state index in [1.54, 1.807) is 0 Å². The van der Waals surface area contributed by atoms with Gasteiger partial charge >= 0.3 is 0 Å². The van der Waals surface area contributed by atoms with Crippen molar-refractivity contribution in [2.45, 2.75) is 19.4 Å². The first-order chi connectivity index (χ1) is 11.3. The highest BCUT2D eigenvalue weighted by Gasteiger charge is 2.20. The van der Waals surface area contributed by atoms with Crippen molar-refractivity contribution >= 4 is 5.91 Å². The van der Waals surface area contributed by atoms with Crippen LogP contribution in [0.5, 0.6) is 0 Å². The number of rotatable bonds is 6. The molecule has 0 radical (unpaired) electrons. The zero-order valence-electron chi connectivity index (χ0n) is 13.5. The van der Waals surface area contributed by atoms with Crippen LogP contribution >= 0.6 is 0 Å². The second-order valence-corrected chi connectivity index (χ2v) is 6.01. The first-order valence-corrected chi connectivity index (χ1v) is 8.31. The summed E-state index contributed by atoms with van der Waals surface area (Å²) >= 11 is 0. The highest BCUT2D eigenvalue weighted by molar-refractivity contribution is 5.76. The first kappa shape index (κ1) is 15.7. The van der Waals surface area contributed by atoms with Crippen LogP contribution in [0.1, 0.15) is 12.0 Å². The summed E-state index contributed by atoms with van der Waals surface area (Å²) in [6.45, 7) is 5.59. The smallest absolute Gasteiger partial charge is 0.222 e. The average molecular weight is 312 g/mol. The molecule has 1 saturated heterocycles. The molecule has 5 heteroatoms. The molecule has 1 fully saturated rings. The molecule has 2 heterocycles. The van der Waals surface area contributed by atoms with Gasteiger partial charge in [-0.25, -0.2) is 4.98 Å². The maximum Gasteiger partial charge on any atom is 0.222 e. The van der Waals surface area contributed by atoms with Crippen molar-refractivity contribution < 1.29 is 4.79 Å². The van der Waals surface area contributed by atoms with Crippen LogP contribution in [0.2, 0.25) is 0 Å². The number of aromatic nitrogens is 2. The largest absolute Gasteiger partial charge is 0.340 e. The van der Waals surface area contributed by atoms with Gasteiger partial charge in [0.2, 0.25) is 5.91 Å². The minimum absolute atomic E-state index is 0.281. The molecule has 1 aromatic carbocycles. The monoisotopic (exact) mass is 312 g/mol. The van der Waals surface area contributed by atoms with Crippen molar-refractivity contribution in [3.05, 3.63) is 54.6 Å². The maximum atomic E-state index is 12.3. The Labute approximate surface area is 137 Å². The van der Waals surface area contributed by atoms with E-state index in [2.05, 4.69) is 26.6 Å². The van der Waals surface area contributed by atoms with Gasteiger partial charge in [-0.3, -0.25) is 9.69 Å². The standard InChI is InChI=1S/C18H24N4O/c23-18(7-6-17-4-2-1-3-5-17)22-14-12-20(13-15-22)10-11-21-9-8-19-16-21/h1-5,8-9,16H,6-7,10-15H2. The Hall–Kier alpha value is -2.14. The fourth-order valence-corrected chi connectivity index (χ4v) is 2.95. The summed E-state index contributed by atoms with van der Waals surface area (Å²) in [5.74, 6) is 0.281. The average Bonchev–Trinajstić information content (AvgIpc) is 3.13. The van der Waals surface area contributed by atoms with Crippen molar-refractivity contribution in [1.82, 2.24) is 19.4 Å². The van der Waals surface area contributed by atoms with Crippen LogP contribution in [-0.4, -0.2) is 58.0 Å². The first-order valence-electron chi connectivity index (χ1n) is 8.31. The van der Waals surface area contributed by atoms with Gasteiger partial charge in [0, 0.05) is 58.1 Å². The van der Waals surface area contributed by atoms with Crippen LogP contribution in [0.3, 0.4) is 0 Å². The second kappa shape index (κ2) is 7.92. The fourth-order valence-electron chi connectivity index (χ4n) is 2.95. The Morgan fingerprint density at radius 3 is 2.52 bits per heavy atom. The SMILES string of the molecule is O=C(CCc1ccccc1)N1CCN(CCn2ccnc2)CC1. The minimum Gasteiger partial charge on any atom is -0.340 e. The predicted octanol–water partition coefficient (Wildman–Crippen LogP) is 1.66. The summed E-state index contributed by atoms with van der Waals surface area (Å²) in [4.78, 5) is 20.8. The molecule has 23 heavy (non-hydrogen) atoms. The second-order valence-electron chi connectivity index (χ2n) is 6.01. The molecule has 0 unspecified atom stereocenters. The van der Waals surface area contributed by atoms with Gasteiger partial charge in [-0.15, -0.1) is 0 Å². The Morgan fingerprint density at radius 1 is 1.04 bits per heavy atom. The van der Waals surface area contributed by atoms with Crippen LogP contribution in [0.15, 0.2) is 49.1 Å². The third-order valence-corrected chi connectivity index (χ3v) is 4.43. The third kappa shape index (κ3) is 4.66. The van der Waals surface area contributed by atoms with E-state index in [0.717, 1.165) is 45.7 Å². The van der Waals surface area contributed by atoms with Crippen molar-refractivity contribution in [2.75, 3.05) is 32.7 Å². The molecule has 0 bridgehead atoms. The lowest BCUT2D eigenvalue weighted by atomic mass is 10.1. The van der Waals surface area contributed by atoms with E-state index in [1.165, 1.54) is 5.56 Å². The Morgan fingerprint density at radius 2 is 1.83 bits per heavy atom. The highest BCUT2D eigenvalue weighted by Crippen LogP contribution is 2.08. The maximum absolute atomic E-state index is 12.3. The van der Waals surface area contributed by atoms with Gasteiger partial charge in [-0.05, 0) is 12.0 Å². The lowest BCUT2D eigenvalue weighted by molar-refractivity contribution is -0.132. The van der Waals surface area contributed by atoms with Crippen molar-refractivity contribution in [1.29, 1.82) is 0 Å². The molecule has 0 N–H and O–H groups in total. The molecular formula is C18H24N4O. The summed E-state index contributed by atoms with van der Waals surface area (Å²) in [6, 6.07) is 10.2. The molecule has 1 amide bonds. The Kier molecular flexibility index (Phi) is 5.42. The van der Waals surface area contributed by atoms with E-state index in [4.69, 9.17) is 0 Å². The zero-order valence-corrected chi connectivity index (χ0v) is 13.5. The van der Waals surface area contributed by atoms with Crippen LogP contribution in [-0.2, 0) is 17.8 Å². The Balaban J connectivity index is 1.37. The van der Waals surface area contributed by atoms with E-state index in [-0.39, 0.29) is 5.91 Å². The summed E-state index contributed by atoms with van der Waals surface area (Å²) in [7, 11) is 0. The van der Waals surface area contributed by atoms with Crippen LogP contribution in [0.4, 0.5) is 0 Å². The zero-order chi connectivity index (χ0) is 15.9. The summed E-state index contributed by atoms with van der Waals surface area (Å²) < 4.78 is 2.09. The van der Waals surface area contributed by atoms with Crippen molar-refractivity contribution in [3.63, 3.8) is 0 Å². The van der Waals surface area contributed by atoms with Gasteiger partial charge in [0.05, 0.1) is 6.33 Å². The molecule has 1 aliphatic heterocycles. The molecule has 0 atom stereocenters. The van der Waals surface area contributed by atoms with Crippen LogP contribution in [0, 0.1) is 0 Å². The number of imidazole rings is 1. The number of aryl methyl sites for hydroxylation is 1. The topological polar surface area (TPSA) is 41.4 Å². The van der Waals surface area contributed by atoms with E-state index >= 15 is 0 Å². The molecule has 1 aliphatic rings. The molecular weight excluding hydrogens is 288 g/mol. The Bertz CT molecular complexity index is 589. The molecule has 0 aliphatic carbocycles. The number of benzene rings is 1. The van der Waals surface area contributed by atoms with Crippen molar-refractivity contribution in [2.24, 2.45) is 0 Å². The summed E-state index contributed by atoms with van der Waals surface area (Å²) in [6.07, 6.45) is 7.09. The number of piperazine rings is 1. The van der Waals surface area contributed by atoms with Crippen molar-refractivity contribution in [3.8, 4) is 0 Å². The normalized spacial score (nSPS) is 15.7. The van der Waals surface area contributed by atoms with Crippen LogP contribution in [0.25, 0.3) is 0 Å². The van der Waals surface area contributed by atoms with Gasteiger partial charge in [0.1, 0.15) is 0 Å². The van der Waals surface area contributed by atoms with E-state index in [0.29, 0.717) is 6.42 Å². The lowest BCUT2D eigenvalue weighted by Crippen LogP contribution is -2.49. The van der Waals surface area contributed by atoms with Gasteiger partial charge in [0.25, 0.3) is 0 Å². The third-order valence-electron chi connectivity index (χ3n) is 4.43. The molecule has 3 rings (SSSR count). The van der Waals surface area contributed by atoms with E-state index in [1.807, 2.05) is 41.8 Å². The summed E-state index contributed by atoms with van der Waals surface area (Å²) in [5, 5.41) is 0. The predicted molar refractivity (Wildman–Crippen MR) is 90.0 cm³/mol. The molecule has 1 aromatic heterocycles. The lowest BCUT2D eigenvalue weighted by Gasteiger charge is -2.34. The summed E-state index contributed by atoms with van der Waals surface area (Å²) in [5.41, 5.74) is 1.24. The van der Waals surface area contributed by atoms with E-state index in [9.17, 15) is 4.79 Å². The highest BCUT2D eigenvalue weighted by atomic mass is 16.2.